The molecule has 1 amide bonds. The zero-order chi connectivity index (χ0) is 12.8. The van der Waals surface area contributed by atoms with Crippen LogP contribution in [-0.4, -0.2) is 10.9 Å². The van der Waals surface area contributed by atoms with Crippen molar-refractivity contribution in [2.45, 2.75) is 0 Å². The summed E-state index contributed by atoms with van der Waals surface area (Å²) in [6.45, 7) is 0. The Balaban J connectivity index is 2.02. The molecule has 0 unspecified atom stereocenters. The first-order valence-corrected chi connectivity index (χ1v) is 5.77. The van der Waals surface area contributed by atoms with E-state index in [-0.39, 0.29) is 5.91 Å². The van der Waals surface area contributed by atoms with Crippen LogP contribution < -0.4 is 5.32 Å². The number of carbonyl (C=O) groups excluding carboxylic acids is 1. The topological polar surface area (TPSA) is 42.0 Å². The third kappa shape index (κ3) is 3.43. The van der Waals surface area contributed by atoms with Crippen molar-refractivity contribution in [3.05, 3.63) is 65.5 Å². The highest BCUT2D eigenvalue weighted by atomic mass is 35.5. The van der Waals surface area contributed by atoms with Gasteiger partial charge in [-0.1, -0.05) is 23.7 Å². The third-order valence-electron chi connectivity index (χ3n) is 2.26. The lowest BCUT2D eigenvalue weighted by molar-refractivity contribution is -0.111. The summed E-state index contributed by atoms with van der Waals surface area (Å²) in [5.41, 5.74) is 1.52. The maximum Gasteiger partial charge on any atom is 0.248 e. The van der Waals surface area contributed by atoms with Crippen LogP contribution in [0.3, 0.4) is 0 Å². The highest BCUT2D eigenvalue weighted by Crippen LogP contribution is 2.20. The van der Waals surface area contributed by atoms with Crippen molar-refractivity contribution >= 4 is 29.3 Å². The van der Waals surface area contributed by atoms with Crippen molar-refractivity contribution in [1.29, 1.82) is 0 Å². The monoisotopic (exact) mass is 258 g/mol. The first-order valence-electron chi connectivity index (χ1n) is 5.39. The van der Waals surface area contributed by atoms with Gasteiger partial charge in [0.05, 0.1) is 10.7 Å². The molecule has 18 heavy (non-hydrogen) atoms. The Hall–Kier alpha value is -2.13. The van der Waals surface area contributed by atoms with Crippen LogP contribution in [0.5, 0.6) is 0 Å². The molecule has 2 aromatic rings. The number of hydrogen-bond acceptors (Lipinski definition) is 2. The van der Waals surface area contributed by atoms with Gasteiger partial charge in [-0.3, -0.25) is 9.78 Å². The number of benzene rings is 1. The van der Waals surface area contributed by atoms with Crippen LogP contribution in [0.4, 0.5) is 5.69 Å². The number of halogens is 1. The average Bonchev–Trinajstić information content (AvgIpc) is 2.40. The first-order chi connectivity index (χ1) is 8.75. The summed E-state index contributed by atoms with van der Waals surface area (Å²) in [5, 5.41) is 3.22. The van der Waals surface area contributed by atoms with Gasteiger partial charge in [0.25, 0.3) is 0 Å². The SMILES string of the molecule is O=C(/C=C/c1ccncc1)Nc1ccccc1Cl. The van der Waals surface area contributed by atoms with E-state index < -0.39 is 0 Å². The van der Waals surface area contributed by atoms with Gasteiger partial charge in [-0.2, -0.15) is 0 Å². The molecule has 1 aromatic carbocycles. The van der Waals surface area contributed by atoms with Gasteiger partial charge < -0.3 is 5.32 Å². The summed E-state index contributed by atoms with van der Waals surface area (Å²) < 4.78 is 0. The Labute approximate surface area is 110 Å². The highest BCUT2D eigenvalue weighted by Gasteiger charge is 2.01. The summed E-state index contributed by atoms with van der Waals surface area (Å²) in [4.78, 5) is 15.6. The molecule has 1 aromatic heterocycles. The van der Waals surface area contributed by atoms with Gasteiger partial charge in [0.2, 0.25) is 5.91 Å². The minimum Gasteiger partial charge on any atom is -0.321 e. The van der Waals surface area contributed by atoms with Crippen LogP contribution in [0.2, 0.25) is 5.02 Å². The maximum atomic E-state index is 11.7. The highest BCUT2D eigenvalue weighted by molar-refractivity contribution is 6.33. The Morgan fingerprint density at radius 3 is 2.61 bits per heavy atom. The number of carbonyl (C=O) groups is 1. The summed E-state index contributed by atoms with van der Waals surface area (Å²) in [6.07, 6.45) is 6.52. The second-order valence-electron chi connectivity index (χ2n) is 3.58. The molecule has 1 N–H and O–H groups in total. The number of nitrogens with zero attached hydrogens (tertiary/aromatic N) is 1. The molecule has 90 valence electrons. The van der Waals surface area contributed by atoms with E-state index in [1.54, 1.807) is 30.6 Å². The van der Waals surface area contributed by atoms with Crippen molar-refractivity contribution < 1.29 is 4.79 Å². The molecule has 0 atom stereocenters. The maximum absolute atomic E-state index is 11.7. The van der Waals surface area contributed by atoms with E-state index in [9.17, 15) is 4.79 Å². The average molecular weight is 259 g/mol. The zero-order valence-electron chi connectivity index (χ0n) is 9.51. The number of aromatic nitrogens is 1. The minimum absolute atomic E-state index is 0.222. The normalized spacial score (nSPS) is 10.5. The molecule has 2 rings (SSSR count). The molecule has 0 saturated heterocycles. The van der Waals surface area contributed by atoms with Crippen LogP contribution in [0, 0.1) is 0 Å². The Morgan fingerprint density at radius 1 is 1.17 bits per heavy atom. The van der Waals surface area contributed by atoms with Crippen molar-refractivity contribution in [3.63, 3.8) is 0 Å². The largest absolute Gasteiger partial charge is 0.321 e. The quantitative estimate of drug-likeness (QED) is 0.858. The summed E-state index contributed by atoms with van der Waals surface area (Å²) >= 11 is 5.94. The lowest BCUT2D eigenvalue weighted by atomic mass is 10.2. The van der Waals surface area contributed by atoms with Crippen LogP contribution >= 0.6 is 11.6 Å². The van der Waals surface area contributed by atoms with Gasteiger partial charge in [-0.05, 0) is 35.9 Å². The molecule has 0 saturated carbocycles. The third-order valence-corrected chi connectivity index (χ3v) is 2.59. The van der Waals surface area contributed by atoms with Crippen LogP contribution in [0.15, 0.2) is 54.9 Å². The predicted molar refractivity (Wildman–Crippen MR) is 73.4 cm³/mol. The number of amides is 1. The summed E-state index contributed by atoms with van der Waals surface area (Å²) in [5.74, 6) is -0.222. The second-order valence-corrected chi connectivity index (χ2v) is 3.99. The van der Waals surface area contributed by atoms with E-state index in [1.165, 1.54) is 6.08 Å². The number of hydrogen-bond donors (Lipinski definition) is 1. The molecule has 0 aliphatic heterocycles. The van der Waals surface area contributed by atoms with E-state index >= 15 is 0 Å². The molecular formula is C14H11ClN2O. The van der Waals surface area contributed by atoms with E-state index in [0.717, 1.165) is 5.56 Å². The van der Waals surface area contributed by atoms with Gasteiger partial charge in [0.1, 0.15) is 0 Å². The van der Waals surface area contributed by atoms with Gasteiger partial charge in [-0.15, -0.1) is 0 Å². The number of pyridine rings is 1. The van der Waals surface area contributed by atoms with Gasteiger partial charge >= 0.3 is 0 Å². The van der Waals surface area contributed by atoms with Crippen LogP contribution in [0.1, 0.15) is 5.56 Å². The van der Waals surface area contributed by atoms with E-state index in [4.69, 9.17) is 11.6 Å². The van der Waals surface area contributed by atoms with E-state index in [0.29, 0.717) is 10.7 Å². The smallest absolute Gasteiger partial charge is 0.248 e. The molecule has 0 bridgehead atoms. The lowest BCUT2D eigenvalue weighted by Crippen LogP contribution is -2.07. The molecule has 3 nitrogen and oxygen atoms in total. The molecule has 0 spiro atoms. The molecule has 0 aliphatic rings. The number of para-hydroxylation sites is 1. The Morgan fingerprint density at radius 2 is 1.89 bits per heavy atom. The number of nitrogens with one attached hydrogen (secondary N) is 1. The van der Waals surface area contributed by atoms with Crippen LogP contribution in [-0.2, 0) is 4.79 Å². The first kappa shape index (κ1) is 12.3. The fourth-order valence-corrected chi connectivity index (χ4v) is 1.57. The summed E-state index contributed by atoms with van der Waals surface area (Å²) in [6, 6.07) is 10.7. The van der Waals surface area contributed by atoms with E-state index in [2.05, 4.69) is 10.3 Å². The minimum atomic E-state index is -0.222. The van der Waals surface area contributed by atoms with Gasteiger partial charge in [0, 0.05) is 18.5 Å². The van der Waals surface area contributed by atoms with Crippen molar-refractivity contribution in [2.24, 2.45) is 0 Å². The number of rotatable bonds is 3. The van der Waals surface area contributed by atoms with Crippen LogP contribution in [0.25, 0.3) is 6.08 Å². The molecule has 4 heteroatoms. The molecule has 1 heterocycles. The van der Waals surface area contributed by atoms with E-state index in [1.807, 2.05) is 24.3 Å². The molecule has 0 fully saturated rings. The van der Waals surface area contributed by atoms with Gasteiger partial charge in [0.15, 0.2) is 0 Å². The van der Waals surface area contributed by atoms with Crippen molar-refractivity contribution in [3.8, 4) is 0 Å². The second kappa shape index (κ2) is 5.98. The predicted octanol–water partition coefficient (Wildman–Crippen LogP) is 3.39. The Bertz CT molecular complexity index is 567. The lowest BCUT2D eigenvalue weighted by Gasteiger charge is -2.03. The molecule has 0 radical (unpaired) electrons. The van der Waals surface area contributed by atoms with Crippen molar-refractivity contribution in [1.82, 2.24) is 4.98 Å². The fourth-order valence-electron chi connectivity index (χ4n) is 1.38. The van der Waals surface area contributed by atoms with Crippen molar-refractivity contribution in [2.75, 3.05) is 5.32 Å². The number of anilines is 1. The summed E-state index contributed by atoms with van der Waals surface area (Å²) in [7, 11) is 0. The standard InChI is InChI=1S/C14H11ClN2O/c15-12-3-1-2-4-13(12)17-14(18)6-5-11-7-9-16-10-8-11/h1-10H,(H,17,18)/b6-5+. The molecular weight excluding hydrogens is 248 g/mol. The Kier molecular flexibility index (Phi) is 4.10. The zero-order valence-corrected chi connectivity index (χ0v) is 10.3. The molecule has 0 aliphatic carbocycles. The van der Waals surface area contributed by atoms with Gasteiger partial charge in [-0.25, -0.2) is 0 Å². The fraction of sp³-hybridized carbons (Fsp3) is 0.